The molecule has 1 atom stereocenters. The number of carbonyl (C=O) groups excluding carboxylic acids is 1. The molecule has 228 valence electrons. The number of piperidine rings is 1. The minimum atomic E-state index is -3.95. The summed E-state index contributed by atoms with van der Waals surface area (Å²) in [5.41, 5.74) is 3.72. The molecule has 0 bridgehead atoms. The van der Waals surface area contributed by atoms with Crippen molar-refractivity contribution in [2.45, 2.75) is 65.0 Å². The van der Waals surface area contributed by atoms with Gasteiger partial charge in [-0.2, -0.15) is 8.42 Å². The van der Waals surface area contributed by atoms with Crippen LogP contribution in [-0.4, -0.2) is 80.6 Å². The van der Waals surface area contributed by atoms with Crippen LogP contribution in [0.1, 0.15) is 51.2 Å². The molecule has 1 aliphatic carbocycles. The minimum Gasteiger partial charge on any atom is -0.444 e. The van der Waals surface area contributed by atoms with E-state index in [1.165, 1.54) is 7.05 Å². The molecule has 1 aromatic heterocycles. The molecule has 1 unspecified atom stereocenters. The first kappa shape index (κ1) is 29.1. The molecule has 2 aromatic rings. The minimum absolute atomic E-state index is 0.176. The first-order valence-electron chi connectivity index (χ1n) is 14.5. The number of hydrogen-bond acceptors (Lipinski definition) is 6. The number of pyridine rings is 1. The van der Waals surface area contributed by atoms with E-state index in [4.69, 9.17) is 9.72 Å². The third-order valence-corrected chi connectivity index (χ3v) is 10.8. The average Bonchev–Trinajstić information content (AvgIpc) is 3.45. The van der Waals surface area contributed by atoms with Crippen LogP contribution in [-0.2, 0) is 21.5 Å². The topological polar surface area (TPSA) is 86.3 Å². The van der Waals surface area contributed by atoms with E-state index in [0.29, 0.717) is 11.4 Å². The van der Waals surface area contributed by atoms with Crippen molar-refractivity contribution in [2.75, 3.05) is 48.4 Å². The summed E-state index contributed by atoms with van der Waals surface area (Å²) in [7, 11) is -2.54. The van der Waals surface area contributed by atoms with E-state index in [2.05, 4.69) is 23.1 Å². The maximum Gasteiger partial charge on any atom is 0.410 e. The van der Waals surface area contributed by atoms with Gasteiger partial charge in [-0.25, -0.2) is 27.2 Å². The molecule has 4 heterocycles. The van der Waals surface area contributed by atoms with Gasteiger partial charge in [0.2, 0.25) is 0 Å². The van der Waals surface area contributed by atoms with Crippen molar-refractivity contribution >= 4 is 27.8 Å². The third-order valence-electron chi connectivity index (χ3n) is 8.99. The Kier molecular flexibility index (Phi) is 6.77. The van der Waals surface area contributed by atoms with Gasteiger partial charge in [-0.1, -0.05) is 12.1 Å². The van der Waals surface area contributed by atoms with Crippen LogP contribution in [0.3, 0.4) is 0 Å². The smallest absolute Gasteiger partial charge is 0.410 e. The second kappa shape index (κ2) is 9.77. The Morgan fingerprint density at radius 3 is 2.40 bits per heavy atom. The van der Waals surface area contributed by atoms with Crippen LogP contribution in [0.2, 0.25) is 0 Å². The number of rotatable bonds is 5. The second-order valence-corrected chi connectivity index (χ2v) is 15.4. The highest BCUT2D eigenvalue weighted by Crippen LogP contribution is 2.51. The molecular formula is C30H39F2N5O4S. The number of aromatic nitrogens is 1. The molecule has 42 heavy (non-hydrogen) atoms. The lowest BCUT2D eigenvalue weighted by Crippen LogP contribution is -2.62. The number of nitrogens with zero attached hydrogens (tertiary/aromatic N) is 5. The monoisotopic (exact) mass is 603 g/mol. The predicted octanol–water partition coefficient (Wildman–Crippen LogP) is 5.05. The summed E-state index contributed by atoms with van der Waals surface area (Å²) in [4.78, 5) is 21.3. The van der Waals surface area contributed by atoms with Crippen molar-refractivity contribution < 1.29 is 26.7 Å². The molecule has 12 heteroatoms. The van der Waals surface area contributed by atoms with E-state index in [1.54, 1.807) is 17.0 Å². The van der Waals surface area contributed by atoms with Crippen LogP contribution in [0.25, 0.3) is 11.3 Å². The summed E-state index contributed by atoms with van der Waals surface area (Å²) in [5, 5.41) is 0. The number of amides is 1. The van der Waals surface area contributed by atoms with Crippen LogP contribution in [0.5, 0.6) is 0 Å². The summed E-state index contributed by atoms with van der Waals surface area (Å²) >= 11 is 0. The summed E-state index contributed by atoms with van der Waals surface area (Å²) in [6.45, 7) is 11.6. The normalized spacial score (nSPS) is 24.0. The highest BCUT2D eigenvalue weighted by molar-refractivity contribution is 7.94. The first-order valence-corrected chi connectivity index (χ1v) is 15.9. The number of fused-ring (bicyclic) bond motifs is 1. The van der Waals surface area contributed by atoms with Gasteiger partial charge >= 0.3 is 16.3 Å². The molecule has 0 radical (unpaired) electrons. The summed E-state index contributed by atoms with van der Waals surface area (Å²) in [5.74, 6) is -3.53. The maximum absolute atomic E-state index is 13.6. The zero-order valence-corrected chi connectivity index (χ0v) is 25.7. The van der Waals surface area contributed by atoms with E-state index in [9.17, 15) is 22.0 Å². The Morgan fingerprint density at radius 1 is 1.12 bits per heavy atom. The molecule has 3 aliphatic heterocycles. The van der Waals surface area contributed by atoms with Gasteiger partial charge in [0.1, 0.15) is 5.60 Å². The van der Waals surface area contributed by atoms with E-state index >= 15 is 0 Å². The number of carbonyl (C=O) groups is 1. The van der Waals surface area contributed by atoms with E-state index in [-0.39, 0.29) is 30.3 Å². The lowest BCUT2D eigenvalue weighted by Gasteiger charge is -2.53. The maximum atomic E-state index is 13.6. The molecule has 1 spiro atoms. The highest BCUT2D eigenvalue weighted by atomic mass is 32.2. The van der Waals surface area contributed by atoms with Gasteiger partial charge in [0.25, 0.3) is 5.92 Å². The Hall–Kier alpha value is -2.99. The van der Waals surface area contributed by atoms with E-state index in [1.807, 2.05) is 27.7 Å². The lowest BCUT2D eigenvalue weighted by atomic mass is 9.72. The van der Waals surface area contributed by atoms with Crippen LogP contribution >= 0.6 is 0 Å². The lowest BCUT2D eigenvalue weighted by molar-refractivity contribution is -0.0600. The predicted molar refractivity (Wildman–Crippen MR) is 157 cm³/mol. The molecule has 1 aromatic carbocycles. The summed E-state index contributed by atoms with van der Waals surface area (Å²) < 4.78 is 60.9. The van der Waals surface area contributed by atoms with Crippen molar-refractivity contribution in [3.05, 3.63) is 41.5 Å². The molecular weight excluding hydrogens is 564 g/mol. The number of ether oxygens (including phenoxy) is 1. The number of aryl methyl sites for hydroxylation is 1. The van der Waals surface area contributed by atoms with Gasteiger partial charge in [0, 0.05) is 56.5 Å². The van der Waals surface area contributed by atoms with Gasteiger partial charge in [-0.05, 0) is 83.0 Å². The van der Waals surface area contributed by atoms with Gasteiger partial charge in [0.15, 0.2) is 5.82 Å². The molecule has 9 nitrogen and oxygen atoms in total. The van der Waals surface area contributed by atoms with Gasteiger partial charge in [-0.15, -0.1) is 0 Å². The Balaban J connectivity index is 1.12. The van der Waals surface area contributed by atoms with Crippen LogP contribution < -0.4 is 8.61 Å². The van der Waals surface area contributed by atoms with Crippen molar-refractivity contribution in [3.63, 3.8) is 0 Å². The summed E-state index contributed by atoms with van der Waals surface area (Å²) in [6, 6.07) is 9.72. The highest BCUT2D eigenvalue weighted by Gasteiger charge is 2.59. The van der Waals surface area contributed by atoms with E-state index < -0.39 is 27.7 Å². The molecule has 6 rings (SSSR count). The molecule has 4 aliphatic rings. The Bertz CT molecular complexity index is 1510. The van der Waals surface area contributed by atoms with Gasteiger partial charge in [0.05, 0.1) is 11.4 Å². The summed E-state index contributed by atoms with van der Waals surface area (Å²) in [6.07, 6.45) is 1.53. The third kappa shape index (κ3) is 5.32. The number of likely N-dealkylation sites (tertiary alicyclic amines) is 2. The largest absolute Gasteiger partial charge is 0.444 e. The second-order valence-electron chi connectivity index (χ2n) is 13.5. The zero-order valence-electron chi connectivity index (χ0n) is 24.9. The van der Waals surface area contributed by atoms with Gasteiger partial charge in [-0.3, -0.25) is 4.90 Å². The Morgan fingerprint density at radius 2 is 1.79 bits per heavy atom. The standard InChI is InChI=1S/C30H39F2N5O4S/c1-20-6-7-21(16-35-12-10-29(11-13-35)18-36(19-29)27(38)41-28(2,3)4)14-23(20)24-8-9-25-26(33-24)34(5)42(39,40)37(25)17-22-15-30(22,31)32/h6-9,14,22H,10-13,15-19H2,1-5H3. The zero-order chi connectivity index (χ0) is 30.2. The van der Waals surface area contributed by atoms with Crippen LogP contribution in [0.4, 0.5) is 25.1 Å². The molecule has 2 saturated heterocycles. The molecule has 3 fully saturated rings. The van der Waals surface area contributed by atoms with Crippen molar-refractivity contribution in [1.29, 1.82) is 0 Å². The SMILES string of the molecule is Cc1ccc(CN2CCC3(CC2)CN(C(=O)OC(C)(C)C)C3)cc1-c1ccc2c(n1)N(C)S(=O)(=O)N2CC1CC1(F)F. The van der Waals surface area contributed by atoms with Gasteiger partial charge < -0.3 is 9.64 Å². The average molecular weight is 604 g/mol. The fourth-order valence-corrected chi connectivity index (χ4v) is 7.69. The Labute approximate surface area is 246 Å². The number of halogens is 2. The fourth-order valence-electron chi connectivity index (χ4n) is 6.28. The van der Waals surface area contributed by atoms with E-state index in [0.717, 1.165) is 70.9 Å². The van der Waals surface area contributed by atoms with Crippen LogP contribution in [0, 0.1) is 18.3 Å². The van der Waals surface area contributed by atoms with Crippen molar-refractivity contribution in [2.24, 2.45) is 11.3 Å². The van der Waals surface area contributed by atoms with Crippen molar-refractivity contribution in [3.8, 4) is 11.3 Å². The number of benzene rings is 1. The number of alkyl halides is 2. The van der Waals surface area contributed by atoms with Crippen LogP contribution in [0.15, 0.2) is 30.3 Å². The molecule has 1 saturated carbocycles. The molecule has 0 N–H and O–H groups in total. The van der Waals surface area contributed by atoms with Crippen molar-refractivity contribution in [1.82, 2.24) is 14.8 Å². The molecule has 1 amide bonds. The quantitative estimate of drug-likeness (QED) is 0.476. The number of anilines is 2. The number of hydrogen-bond donors (Lipinski definition) is 0. The first-order chi connectivity index (χ1) is 19.6. The fraction of sp³-hybridized carbons (Fsp3) is 0.600.